The Morgan fingerprint density at radius 3 is 2.62 bits per heavy atom. The molecule has 140 valence electrons. The second-order valence-electron chi connectivity index (χ2n) is 7.13. The van der Waals surface area contributed by atoms with Crippen LogP contribution >= 0.6 is 0 Å². The van der Waals surface area contributed by atoms with Crippen molar-refractivity contribution in [2.24, 2.45) is 11.8 Å². The highest BCUT2D eigenvalue weighted by Gasteiger charge is 2.30. The molecule has 6 nitrogen and oxygen atoms in total. The molecule has 2 fully saturated rings. The van der Waals surface area contributed by atoms with Crippen LogP contribution in [0.2, 0.25) is 0 Å². The molecule has 2 N–H and O–H groups in total. The predicted molar refractivity (Wildman–Crippen MR) is 96.2 cm³/mol. The average Bonchev–Trinajstić information content (AvgIpc) is 2.61. The first-order chi connectivity index (χ1) is 11.5. The second kappa shape index (κ2) is 9.73. The third-order valence-electron chi connectivity index (χ3n) is 5.22. The standard InChI is InChI=1S/C17H33N3O3S/c1-2-3-13-24(22,23)20-11-7-16(8-12-20)17(21)19-10-6-15-5-4-9-18-14-15/h15-16,18H,2-14H2,1H3,(H,19,21). The molecule has 0 aliphatic carbocycles. The number of piperidine rings is 2. The van der Waals surface area contributed by atoms with Gasteiger partial charge < -0.3 is 10.6 Å². The predicted octanol–water partition coefficient (Wildman–Crippen LogP) is 1.33. The summed E-state index contributed by atoms with van der Waals surface area (Å²) in [5, 5.41) is 6.45. The van der Waals surface area contributed by atoms with E-state index < -0.39 is 10.0 Å². The summed E-state index contributed by atoms with van der Waals surface area (Å²) >= 11 is 0. The number of nitrogens with one attached hydrogen (secondary N) is 2. The molecular formula is C17H33N3O3S. The van der Waals surface area contributed by atoms with Crippen LogP contribution in [0.15, 0.2) is 0 Å². The van der Waals surface area contributed by atoms with E-state index in [0.29, 0.717) is 38.3 Å². The zero-order valence-corrected chi connectivity index (χ0v) is 15.7. The van der Waals surface area contributed by atoms with Gasteiger partial charge in [-0.1, -0.05) is 13.3 Å². The fourth-order valence-electron chi connectivity index (χ4n) is 3.57. The van der Waals surface area contributed by atoms with Crippen LogP contribution in [0.5, 0.6) is 0 Å². The first kappa shape index (κ1) is 19.7. The lowest BCUT2D eigenvalue weighted by Crippen LogP contribution is -2.44. The summed E-state index contributed by atoms with van der Waals surface area (Å²) in [6, 6.07) is 0. The smallest absolute Gasteiger partial charge is 0.223 e. The molecule has 0 bridgehead atoms. The van der Waals surface area contributed by atoms with Crippen molar-refractivity contribution in [1.29, 1.82) is 0 Å². The van der Waals surface area contributed by atoms with E-state index in [4.69, 9.17) is 0 Å². The quantitative estimate of drug-likeness (QED) is 0.685. The van der Waals surface area contributed by atoms with Gasteiger partial charge in [0, 0.05) is 25.6 Å². The minimum Gasteiger partial charge on any atom is -0.356 e. The second-order valence-corrected chi connectivity index (χ2v) is 9.22. The molecule has 0 aromatic heterocycles. The largest absolute Gasteiger partial charge is 0.356 e. The Hall–Kier alpha value is -0.660. The molecule has 2 aliphatic rings. The van der Waals surface area contributed by atoms with E-state index in [0.717, 1.165) is 32.5 Å². The molecule has 2 heterocycles. The van der Waals surface area contributed by atoms with E-state index in [1.807, 2.05) is 6.92 Å². The van der Waals surface area contributed by atoms with Gasteiger partial charge in [-0.3, -0.25) is 4.79 Å². The number of nitrogens with zero attached hydrogens (tertiary/aromatic N) is 1. The Labute approximate surface area is 146 Å². The van der Waals surface area contributed by atoms with E-state index >= 15 is 0 Å². The van der Waals surface area contributed by atoms with Crippen molar-refractivity contribution in [3.05, 3.63) is 0 Å². The number of rotatable bonds is 8. The van der Waals surface area contributed by atoms with Crippen molar-refractivity contribution >= 4 is 15.9 Å². The van der Waals surface area contributed by atoms with Crippen LogP contribution in [0, 0.1) is 11.8 Å². The molecular weight excluding hydrogens is 326 g/mol. The van der Waals surface area contributed by atoms with Crippen molar-refractivity contribution in [2.75, 3.05) is 38.5 Å². The molecule has 1 atom stereocenters. The molecule has 0 radical (unpaired) electrons. The van der Waals surface area contributed by atoms with E-state index in [-0.39, 0.29) is 17.6 Å². The van der Waals surface area contributed by atoms with E-state index in [2.05, 4.69) is 10.6 Å². The van der Waals surface area contributed by atoms with Gasteiger partial charge in [0.05, 0.1) is 5.75 Å². The van der Waals surface area contributed by atoms with Gasteiger partial charge in [-0.15, -0.1) is 0 Å². The first-order valence-corrected chi connectivity index (χ1v) is 11.1. The molecule has 2 saturated heterocycles. The van der Waals surface area contributed by atoms with E-state index in [9.17, 15) is 13.2 Å². The molecule has 2 aliphatic heterocycles. The van der Waals surface area contributed by atoms with Crippen LogP contribution in [0.1, 0.15) is 51.9 Å². The molecule has 24 heavy (non-hydrogen) atoms. The number of amides is 1. The van der Waals surface area contributed by atoms with Crippen LogP contribution in [0.4, 0.5) is 0 Å². The van der Waals surface area contributed by atoms with E-state index in [1.54, 1.807) is 4.31 Å². The van der Waals surface area contributed by atoms with Crippen LogP contribution in [-0.4, -0.2) is 57.1 Å². The molecule has 0 spiro atoms. The monoisotopic (exact) mass is 359 g/mol. The maximum atomic E-state index is 12.3. The molecule has 2 rings (SSSR count). The third kappa shape index (κ3) is 6.01. The fraction of sp³-hybridized carbons (Fsp3) is 0.941. The summed E-state index contributed by atoms with van der Waals surface area (Å²) in [7, 11) is -3.13. The lowest BCUT2D eigenvalue weighted by molar-refractivity contribution is -0.126. The Morgan fingerprint density at radius 1 is 1.25 bits per heavy atom. The van der Waals surface area contributed by atoms with Gasteiger partial charge in [-0.2, -0.15) is 0 Å². The number of carbonyl (C=O) groups excluding carboxylic acids is 1. The Bertz CT molecular complexity index is 481. The number of hydrogen-bond donors (Lipinski definition) is 2. The number of sulfonamides is 1. The lowest BCUT2D eigenvalue weighted by atomic mass is 9.95. The van der Waals surface area contributed by atoms with Crippen molar-refractivity contribution in [3.63, 3.8) is 0 Å². The number of unbranched alkanes of at least 4 members (excludes halogenated alkanes) is 1. The Balaban J connectivity index is 1.66. The summed E-state index contributed by atoms with van der Waals surface area (Å²) in [6.07, 6.45) is 6.38. The van der Waals surface area contributed by atoms with Gasteiger partial charge in [0.15, 0.2) is 0 Å². The zero-order valence-electron chi connectivity index (χ0n) is 14.9. The van der Waals surface area contributed by atoms with Gasteiger partial charge >= 0.3 is 0 Å². The number of carbonyl (C=O) groups is 1. The van der Waals surface area contributed by atoms with Crippen molar-refractivity contribution in [2.45, 2.75) is 51.9 Å². The summed E-state index contributed by atoms with van der Waals surface area (Å²) < 4.78 is 25.9. The maximum absolute atomic E-state index is 12.3. The topological polar surface area (TPSA) is 78.5 Å². The van der Waals surface area contributed by atoms with Gasteiger partial charge in [0.1, 0.15) is 0 Å². The van der Waals surface area contributed by atoms with Crippen LogP contribution < -0.4 is 10.6 Å². The minimum atomic E-state index is -3.13. The summed E-state index contributed by atoms with van der Waals surface area (Å²) in [4.78, 5) is 12.3. The van der Waals surface area contributed by atoms with Crippen molar-refractivity contribution < 1.29 is 13.2 Å². The molecule has 0 saturated carbocycles. The summed E-state index contributed by atoms with van der Waals surface area (Å²) in [6.45, 7) is 5.87. The SMILES string of the molecule is CCCCS(=O)(=O)N1CCC(C(=O)NCCC2CCCNC2)CC1. The third-order valence-corrected chi connectivity index (χ3v) is 7.18. The lowest BCUT2D eigenvalue weighted by Gasteiger charge is -2.30. The highest BCUT2D eigenvalue weighted by atomic mass is 32.2. The number of hydrogen-bond acceptors (Lipinski definition) is 4. The van der Waals surface area contributed by atoms with E-state index in [1.165, 1.54) is 12.8 Å². The highest BCUT2D eigenvalue weighted by molar-refractivity contribution is 7.89. The van der Waals surface area contributed by atoms with Crippen molar-refractivity contribution in [1.82, 2.24) is 14.9 Å². The average molecular weight is 360 g/mol. The van der Waals surface area contributed by atoms with Crippen molar-refractivity contribution in [3.8, 4) is 0 Å². The van der Waals surface area contributed by atoms with Gasteiger partial charge in [-0.05, 0) is 57.5 Å². The molecule has 0 aromatic carbocycles. The van der Waals surface area contributed by atoms with Crippen LogP contribution in [-0.2, 0) is 14.8 Å². The molecule has 1 amide bonds. The maximum Gasteiger partial charge on any atom is 0.223 e. The normalized spacial score (nSPS) is 24.0. The van der Waals surface area contributed by atoms with Crippen LogP contribution in [0.25, 0.3) is 0 Å². The minimum absolute atomic E-state index is 0.0351. The fourth-order valence-corrected chi connectivity index (χ4v) is 5.25. The van der Waals surface area contributed by atoms with Gasteiger partial charge in [-0.25, -0.2) is 12.7 Å². The molecule has 0 aromatic rings. The van der Waals surface area contributed by atoms with Crippen LogP contribution in [0.3, 0.4) is 0 Å². The molecule has 1 unspecified atom stereocenters. The summed E-state index contributed by atoms with van der Waals surface area (Å²) in [5.41, 5.74) is 0. The van der Waals surface area contributed by atoms with Gasteiger partial charge in [0.25, 0.3) is 0 Å². The summed E-state index contributed by atoms with van der Waals surface area (Å²) in [5.74, 6) is 0.969. The van der Waals surface area contributed by atoms with Gasteiger partial charge in [0.2, 0.25) is 15.9 Å². The highest BCUT2D eigenvalue weighted by Crippen LogP contribution is 2.21. The Morgan fingerprint density at radius 2 is 2.00 bits per heavy atom. The Kier molecular flexibility index (Phi) is 7.97. The first-order valence-electron chi connectivity index (χ1n) is 9.49. The molecule has 7 heteroatoms. The zero-order chi connectivity index (χ0) is 17.4.